The van der Waals surface area contributed by atoms with Crippen molar-refractivity contribution in [3.63, 3.8) is 0 Å². The molecule has 1 fully saturated rings. The lowest BCUT2D eigenvalue weighted by atomic mass is 10.0. The average molecular weight is 382 g/mol. The van der Waals surface area contributed by atoms with Crippen LogP contribution in [0.1, 0.15) is 44.4 Å². The van der Waals surface area contributed by atoms with Gasteiger partial charge in [0.25, 0.3) is 0 Å². The summed E-state index contributed by atoms with van der Waals surface area (Å²) in [5, 5.41) is 9.92. The number of carbonyl (C=O) groups is 1. The predicted octanol–water partition coefficient (Wildman–Crippen LogP) is 3.64. The molecular formula is C17H21F3N6O. The van der Waals surface area contributed by atoms with E-state index in [-0.39, 0.29) is 24.1 Å². The molecule has 0 radical (unpaired) electrons. The largest absolute Gasteiger partial charge is 0.421 e. The maximum atomic E-state index is 13.1. The zero-order chi connectivity index (χ0) is 19.8. The zero-order valence-corrected chi connectivity index (χ0v) is 15.3. The molecule has 2 aromatic heterocycles. The number of rotatable bonds is 5. The number of anilines is 3. The monoisotopic (exact) mass is 382 g/mol. The minimum absolute atomic E-state index is 0.0181. The molecule has 1 atom stereocenters. The second-order valence-corrected chi connectivity index (χ2v) is 6.73. The van der Waals surface area contributed by atoms with Crippen LogP contribution in [0.2, 0.25) is 0 Å². The molecule has 3 rings (SSSR count). The molecule has 1 aliphatic carbocycles. The number of halogens is 3. The van der Waals surface area contributed by atoms with Crippen LogP contribution in [0.25, 0.3) is 0 Å². The van der Waals surface area contributed by atoms with Crippen molar-refractivity contribution in [2.45, 2.75) is 51.7 Å². The third kappa shape index (κ3) is 3.60. The fourth-order valence-electron chi connectivity index (χ4n) is 3.15. The number of aryl methyl sites for hydroxylation is 1. The van der Waals surface area contributed by atoms with Crippen molar-refractivity contribution in [2.75, 3.05) is 17.2 Å². The molecule has 1 aliphatic rings. The molecule has 0 aliphatic heterocycles. The van der Waals surface area contributed by atoms with Crippen molar-refractivity contribution in [1.82, 2.24) is 19.7 Å². The summed E-state index contributed by atoms with van der Waals surface area (Å²) in [5.74, 6) is -0.147. The number of alkyl halides is 3. The van der Waals surface area contributed by atoms with E-state index in [9.17, 15) is 18.0 Å². The quantitative estimate of drug-likeness (QED) is 0.821. The number of hydrogen-bond donors (Lipinski definition) is 2. The topological polar surface area (TPSA) is 84.7 Å². The van der Waals surface area contributed by atoms with E-state index in [0.717, 1.165) is 12.6 Å². The van der Waals surface area contributed by atoms with Crippen LogP contribution in [0.3, 0.4) is 0 Å². The van der Waals surface area contributed by atoms with E-state index in [1.165, 1.54) is 0 Å². The number of Topliss-reactive ketones (excluding diaryl/α,β-unsaturated/α-hetero) is 1. The first kappa shape index (κ1) is 19.1. The van der Waals surface area contributed by atoms with Crippen LogP contribution in [0.5, 0.6) is 0 Å². The third-order valence-electron chi connectivity index (χ3n) is 4.76. The SMILES string of the molecule is CCNc1nc(Nc2cn([C@]3(C)CCCC3=O)nc2C)ncc1C(F)(F)F. The van der Waals surface area contributed by atoms with Gasteiger partial charge in [0.15, 0.2) is 5.78 Å². The maximum absolute atomic E-state index is 13.1. The molecular weight excluding hydrogens is 361 g/mol. The van der Waals surface area contributed by atoms with Crippen molar-refractivity contribution in [1.29, 1.82) is 0 Å². The Kier molecular flexibility index (Phi) is 4.83. The van der Waals surface area contributed by atoms with Crippen molar-refractivity contribution in [3.05, 3.63) is 23.7 Å². The second kappa shape index (κ2) is 6.82. The van der Waals surface area contributed by atoms with Crippen molar-refractivity contribution in [3.8, 4) is 0 Å². The van der Waals surface area contributed by atoms with Crippen molar-refractivity contribution in [2.24, 2.45) is 0 Å². The summed E-state index contributed by atoms with van der Waals surface area (Å²) in [6.45, 7) is 5.56. The molecule has 1 saturated carbocycles. The van der Waals surface area contributed by atoms with Crippen LogP contribution in [0.4, 0.5) is 30.6 Å². The first-order chi connectivity index (χ1) is 12.6. The van der Waals surface area contributed by atoms with Gasteiger partial charge < -0.3 is 10.6 Å². The molecule has 27 heavy (non-hydrogen) atoms. The maximum Gasteiger partial charge on any atom is 0.421 e. The van der Waals surface area contributed by atoms with Crippen molar-refractivity contribution >= 4 is 23.2 Å². The Bertz CT molecular complexity index is 863. The van der Waals surface area contributed by atoms with Crippen LogP contribution >= 0.6 is 0 Å². The van der Waals surface area contributed by atoms with E-state index in [0.29, 0.717) is 24.2 Å². The van der Waals surface area contributed by atoms with E-state index in [4.69, 9.17) is 0 Å². The number of aromatic nitrogens is 4. The van der Waals surface area contributed by atoms with Crippen LogP contribution in [-0.2, 0) is 16.5 Å². The number of carbonyl (C=O) groups excluding carboxylic acids is 1. The van der Waals surface area contributed by atoms with Gasteiger partial charge in [-0.2, -0.15) is 23.3 Å². The smallest absolute Gasteiger partial charge is 0.370 e. The summed E-state index contributed by atoms with van der Waals surface area (Å²) in [6, 6.07) is 0. The molecule has 0 spiro atoms. The molecule has 10 heteroatoms. The van der Waals surface area contributed by atoms with Gasteiger partial charge in [0.05, 0.1) is 11.4 Å². The van der Waals surface area contributed by atoms with Crippen molar-refractivity contribution < 1.29 is 18.0 Å². The second-order valence-electron chi connectivity index (χ2n) is 6.73. The van der Waals surface area contributed by atoms with Gasteiger partial charge in [-0.25, -0.2) is 4.98 Å². The Balaban J connectivity index is 1.90. The van der Waals surface area contributed by atoms with Gasteiger partial charge in [0.2, 0.25) is 5.95 Å². The van der Waals surface area contributed by atoms with Crippen LogP contribution in [0.15, 0.2) is 12.4 Å². The standard InChI is InChI=1S/C17H21F3N6O/c1-4-21-14-11(17(18,19)20)8-22-15(24-14)23-12-9-26(25-10(12)2)16(3)7-5-6-13(16)27/h8-9H,4-7H2,1-3H3,(H2,21,22,23,24)/t16-/m1/s1. The highest BCUT2D eigenvalue weighted by Gasteiger charge is 2.40. The summed E-state index contributed by atoms with van der Waals surface area (Å²) < 4.78 is 40.8. The van der Waals surface area contributed by atoms with E-state index in [2.05, 4.69) is 25.7 Å². The minimum atomic E-state index is -4.55. The lowest BCUT2D eigenvalue weighted by Crippen LogP contribution is -2.34. The summed E-state index contributed by atoms with van der Waals surface area (Å²) in [4.78, 5) is 19.9. The highest BCUT2D eigenvalue weighted by atomic mass is 19.4. The first-order valence-corrected chi connectivity index (χ1v) is 8.70. The molecule has 2 aromatic rings. The summed E-state index contributed by atoms with van der Waals surface area (Å²) in [5.41, 5.74) is -0.477. The molecule has 0 unspecified atom stereocenters. The van der Waals surface area contributed by atoms with Gasteiger partial charge in [0, 0.05) is 25.4 Å². The van der Waals surface area contributed by atoms with Gasteiger partial charge in [0.1, 0.15) is 16.9 Å². The molecule has 2 N–H and O–H groups in total. The Hall–Kier alpha value is -2.65. The average Bonchev–Trinajstić information content (AvgIpc) is 3.11. The molecule has 0 aromatic carbocycles. The van der Waals surface area contributed by atoms with Gasteiger partial charge in [-0.05, 0) is 33.6 Å². The minimum Gasteiger partial charge on any atom is -0.370 e. The first-order valence-electron chi connectivity index (χ1n) is 8.70. The van der Waals surface area contributed by atoms with Gasteiger partial charge in [-0.3, -0.25) is 9.48 Å². The van der Waals surface area contributed by atoms with Crippen LogP contribution in [0, 0.1) is 6.92 Å². The summed E-state index contributed by atoms with van der Waals surface area (Å²) >= 11 is 0. The Morgan fingerprint density at radius 2 is 2.11 bits per heavy atom. The van der Waals surface area contributed by atoms with Crippen LogP contribution < -0.4 is 10.6 Å². The lowest BCUT2D eigenvalue weighted by Gasteiger charge is -2.22. The zero-order valence-electron chi connectivity index (χ0n) is 15.3. The fourth-order valence-corrected chi connectivity index (χ4v) is 3.15. The van der Waals surface area contributed by atoms with Gasteiger partial charge in [-0.15, -0.1) is 0 Å². The van der Waals surface area contributed by atoms with Gasteiger partial charge in [-0.1, -0.05) is 0 Å². The lowest BCUT2D eigenvalue weighted by molar-refractivity contribution is -0.137. The number of ketones is 1. The van der Waals surface area contributed by atoms with Gasteiger partial charge >= 0.3 is 6.18 Å². The normalized spacial score (nSPS) is 20.1. The van der Waals surface area contributed by atoms with Crippen LogP contribution in [-0.4, -0.2) is 32.1 Å². The molecule has 0 bridgehead atoms. The van der Waals surface area contributed by atoms with E-state index >= 15 is 0 Å². The highest BCUT2D eigenvalue weighted by Crippen LogP contribution is 2.35. The van der Waals surface area contributed by atoms with E-state index < -0.39 is 17.3 Å². The number of nitrogens with zero attached hydrogens (tertiary/aromatic N) is 4. The Labute approximate surface area is 154 Å². The van der Waals surface area contributed by atoms with E-state index in [1.807, 2.05) is 6.92 Å². The summed E-state index contributed by atoms with van der Waals surface area (Å²) in [7, 11) is 0. The number of hydrogen-bond acceptors (Lipinski definition) is 6. The van der Waals surface area contributed by atoms with E-state index in [1.54, 1.807) is 24.7 Å². The fraction of sp³-hybridized carbons (Fsp3) is 0.529. The Morgan fingerprint density at radius 1 is 1.37 bits per heavy atom. The predicted molar refractivity (Wildman–Crippen MR) is 94.0 cm³/mol. The summed E-state index contributed by atoms with van der Waals surface area (Å²) in [6.07, 6.45) is -0.0965. The number of nitrogens with one attached hydrogen (secondary N) is 2. The molecule has 0 saturated heterocycles. The Morgan fingerprint density at radius 3 is 2.70 bits per heavy atom. The molecule has 146 valence electrons. The molecule has 2 heterocycles. The molecule has 7 nitrogen and oxygen atoms in total. The molecule has 0 amide bonds. The highest BCUT2D eigenvalue weighted by molar-refractivity contribution is 5.88. The third-order valence-corrected chi connectivity index (χ3v) is 4.76.